The topological polar surface area (TPSA) is 96.8 Å². The molecule has 0 atom stereocenters. The van der Waals surface area contributed by atoms with E-state index in [0.29, 0.717) is 25.4 Å². The molecule has 3 fully saturated rings. The smallest absolute Gasteiger partial charge is 0.414 e. The molecule has 1 aliphatic heterocycles. The SMILES string of the molecule is O=C(NC1(CO)CCCCC1)Oc1cnc(N2CC(F)(F)C2)c(OCC2CC2)n1. The molecule has 2 aliphatic carbocycles. The van der Waals surface area contributed by atoms with E-state index in [1.54, 1.807) is 0 Å². The third-order valence-electron chi connectivity index (χ3n) is 5.67. The van der Waals surface area contributed by atoms with E-state index >= 15 is 0 Å². The number of carbonyl (C=O) groups excluding carboxylic acids is 1. The Balaban J connectivity index is 1.43. The van der Waals surface area contributed by atoms with Gasteiger partial charge in [-0.15, -0.1) is 0 Å². The summed E-state index contributed by atoms with van der Waals surface area (Å²) in [7, 11) is 0. The summed E-state index contributed by atoms with van der Waals surface area (Å²) in [5.74, 6) is -2.07. The van der Waals surface area contributed by atoms with Crippen LogP contribution < -0.4 is 19.7 Å². The van der Waals surface area contributed by atoms with Crippen molar-refractivity contribution in [3.05, 3.63) is 6.20 Å². The zero-order valence-corrected chi connectivity index (χ0v) is 16.2. The molecule has 2 saturated carbocycles. The molecule has 0 aromatic carbocycles. The molecule has 4 rings (SSSR count). The summed E-state index contributed by atoms with van der Waals surface area (Å²) in [5, 5.41) is 12.5. The van der Waals surface area contributed by atoms with Crippen LogP contribution in [0.5, 0.6) is 11.8 Å². The number of ether oxygens (including phenoxy) is 2. The lowest BCUT2D eigenvalue weighted by molar-refractivity contribution is -0.0270. The van der Waals surface area contributed by atoms with Gasteiger partial charge in [0, 0.05) is 0 Å². The molecule has 29 heavy (non-hydrogen) atoms. The van der Waals surface area contributed by atoms with E-state index < -0.39 is 30.6 Å². The van der Waals surface area contributed by atoms with Crippen LogP contribution in [-0.4, -0.2) is 58.9 Å². The second kappa shape index (κ2) is 7.89. The summed E-state index contributed by atoms with van der Waals surface area (Å²) in [6.07, 6.45) is 6.91. The van der Waals surface area contributed by atoms with Gasteiger partial charge in [0.2, 0.25) is 5.88 Å². The Morgan fingerprint density at radius 3 is 2.62 bits per heavy atom. The second-order valence-electron chi connectivity index (χ2n) is 8.32. The largest absolute Gasteiger partial charge is 0.475 e. The van der Waals surface area contributed by atoms with Crippen molar-refractivity contribution < 1.29 is 28.2 Å². The van der Waals surface area contributed by atoms with Gasteiger partial charge in [0.15, 0.2) is 5.82 Å². The molecular formula is C19H26F2N4O4. The van der Waals surface area contributed by atoms with Crippen LogP contribution in [0, 0.1) is 5.92 Å². The van der Waals surface area contributed by atoms with Gasteiger partial charge in [-0.25, -0.2) is 18.6 Å². The lowest BCUT2D eigenvalue weighted by Gasteiger charge is -2.39. The highest BCUT2D eigenvalue weighted by Crippen LogP contribution is 2.37. The number of aromatic nitrogens is 2. The lowest BCUT2D eigenvalue weighted by atomic mass is 9.82. The first kappa shape index (κ1) is 20.1. The maximum Gasteiger partial charge on any atom is 0.414 e. The summed E-state index contributed by atoms with van der Waals surface area (Å²) >= 11 is 0. The molecule has 0 unspecified atom stereocenters. The summed E-state index contributed by atoms with van der Waals surface area (Å²) in [4.78, 5) is 22.1. The number of amides is 1. The van der Waals surface area contributed by atoms with Crippen molar-refractivity contribution in [2.75, 3.05) is 31.2 Å². The normalized spacial score (nSPS) is 22.5. The van der Waals surface area contributed by atoms with E-state index in [4.69, 9.17) is 9.47 Å². The molecule has 0 radical (unpaired) electrons. The van der Waals surface area contributed by atoms with Crippen molar-refractivity contribution in [3.63, 3.8) is 0 Å². The highest BCUT2D eigenvalue weighted by Gasteiger charge is 2.46. The minimum absolute atomic E-state index is 0.0757. The van der Waals surface area contributed by atoms with Crippen LogP contribution >= 0.6 is 0 Å². The van der Waals surface area contributed by atoms with Crippen LogP contribution in [0.15, 0.2) is 6.20 Å². The van der Waals surface area contributed by atoms with E-state index in [1.165, 1.54) is 11.1 Å². The van der Waals surface area contributed by atoms with Crippen LogP contribution in [0.1, 0.15) is 44.9 Å². The summed E-state index contributed by atoms with van der Waals surface area (Å²) in [6, 6.07) is 0. The van der Waals surface area contributed by atoms with E-state index in [-0.39, 0.29) is 24.2 Å². The molecular weight excluding hydrogens is 386 g/mol. The molecule has 1 amide bonds. The molecule has 1 saturated heterocycles. The standard InChI is InChI=1S/C19H26F2N4O4/c20-19(21)10-25(11-19)15-16(28-9-13-4-5-13)23-14(8-22-15)29-17(27)24-18(12-26)6-2-1-3-7-18/h8,13,26H,1-7,9-12H2,(H,24,27). The number of hydrogen-bond donors (Lipinski definition) is 2. The van der Waals surface area contributed by atoms with Gasteiger partial charge in [-0.05, 0) is 31.6 Å². The van der Waals surface area contributed by atoms with Gasteiger partial charge in [0.25, 0.3) is 11.8 Å². The molecule has 2 heterocycles. The number of carbonyl (C=O) groups is 1. The summed E-state index contributed by atoms with van der Waals surface area (Å²) in [5.41, 5.74) is -0.683. The van der Waals surface area contributed by atoms with E-state index in [2.05, 4.69) is 15.3 Å². The number of rotatable bonds is 7. The van der Waals surface area contributed by atoms with Crippen molar-refractivity contribution in [1.82, 2.24) is 15.3 Å². The fraction of sp³-hybridized carbons (Fsp3) is 0.737. The highest BCUT2D eigenvalue weighted by atomic mass is 19.3. The zero-order chi connectivity index (χ0) is 20.5. The Bertz CT molecular complexity index is 746. The van der Waals surface area contributed by atoms with Gasteiger partial charge in [-0.2, -0.15) is 4.98 Å². The number of anilines is 1. The summed E-state index contributed by atoms with van der Waals surface area (Å²) in [6.45, 7) is -0.622. The van der Waals surface area contributed by atoms with E-state index in [9.17, 15) is 18.7 Å². The molecule has 160 valence electrons. The van der Waals surface area contributed by atoms with Crippen molar-refractivity contribution in [2.24, 2.45) is 5.92 Å². The maximum atomic E-state index is 13.2. The molecule has 0 bridgehead atoms. The molecule has 3 aliphatic rings. The lowest BCUT2D eigenvalue weighted by Crippen LogP contribution is -2.56. The van der Waals surface area contributed by atoms with Gasteiger partial charge in [0.05, 0.1) is 38.0 Å². The Morgan fingerprint density at radius 1 is 1.28 bits per heavy atom. The number of halogens is 2. The average molecular weight is 412 g/mol. The van der Waals surface area contributed by atoms with Crippen molar-refractivity contribution in [3.8, 4) is 11.8 Å². The van der Waals surface area contributed by atoms with Crippen molar-refractivity contribution in [2.45, 2.75) is 56.4 Å². The van der Waals surface area contributed by atoms with Gasteiger partial charge < -0.3 is 24.8 Å². The molecule has 10 heteroatoms. The number of aliphatic hydroxyl groups excluding tert-OH is 1. The molecule has 8 nitrogen and oxygen atoms in total. The minimum Gasteiger partial charge on any atom is -0.475 e. The first-order chi connectivity index (χ1) is 13.9. The Kier molecular flexibility index (Phi) is 5.46. The van der Waals surface area contributed by atoms with Crippen molar-refractivity contribution >= 4 is 11.9 Å². The van der Waals surface area contributed by atoms with E-state index in [0.717, 1.165) is 32.1 Å². The fourth-order valence-corrected chi connectivity index (χ4v) is 3.74. The third-order valence-corrected chi connectivity index (χ3v) is 5.67. The number of nitrogens with one attached hydrogen (secondary N) is 1. The minimum atomic E-state index is -2.75. The van der Waals surface area contributed by atoms with Crippen molar-refractivity contribution in [1.29, 1.82) is 0 Å². The monoisotopic (exact) mass is 412 g/mol. The quantitative estimate of drug-likeness (QED) is 0.710. The second-order valence-corrected chi connectivity index (χ2v) is 8.32. The van der Waals surface area contributed by atoms with Crippen LogP contribution in [0.4, 0.5) is 19.4 Å². The zero-order valence-electron chi connectivity index (χ0n) is 16.2. The fourth-order valence-electron chi connectivity index (χ4n) is 3.74. The van der Waals surface area contributed by atoms with Crippen LogP contribution in [0.2, 0.25) is 0 Å². The van der Waals surface area contributed by atoms with Gasteiger partial charge in [-0.3, -0.25) is 0 Å². The highest BCUT2D eigenvalue weighted by molar-refractivity contribution is 5.71. The van der Waals surface area contributed by atoms with Crippen LogP contribution in [-0.2, 0) is 0 Å². The van der Waals surface area contributed by atoms with Crippen LogP contribution in [0.25, 0.3) is 0 Å². The third kappa shape index (κ3) is 4.85. The van der Waals surface area contributed by atoms with Gasteiger partial charge in [-0.1, -0.05) is 19.3 Å². The number of alkyl halides is 2. The Hall–Kier alpha value is -2.23. The number of nitrogens with zero attached hydrogens (tertiary/aromatic N) is 3. The predicted molar refractivity (Wildman–Crippen MR) is 99.5 cm³/mol. The predicted octanol–water partition coefficient (Wildman–Crippen LogP) is 2.50. The molecule has 1 aromatic heterocycles. The number of aliphatic hydroxyl groups is 1. The Morgan fingerprint density at radius 2 is 2.00 bits per heavy atom. The van der Waals surface area contributed by atoms with E-state index in [1.807, 2.05) is 0 Å². The van der Waals surface area contributed by atoms with Crippen LogP contribution in [0.3, 0.4) is 0 Å². The molecule has 2 N–H and O–H groups in total. The van der Waals surface area contributed by atoms with Gasteiger partial charge in [0.1, 0.15) is 0 Å². The number of hydrogen-bond acceptors (Lipinski definition) is 7. The summed E-state index contributed by atoms with van der Waals surface area (Å²) < 4.78 is 37.4. The van der Waals surface area contributed by atoms with Gasteiger partial charge >= 0.3 is 6.09 Å². The average Bonchev–Trinajstić information content (AvgIpc) is 3.50. The molecule has 0 spiro atoms. The maximum absolute atomic E-state index is 13.2. The first-order valence-electron chi connectivity index (χ1n) is 10.1. The Labute approximate surface area is 167 Å². The molecule has 1 aromatic rings. The first-order valence-corrected chi connectivity index (χ1v) is 10.1.